The predicted octanol–water partition coefficient (Wildman–Crippen LogP) is 1.41. The Kier molecular flexibility index (Phi) is 4.75. The van der Waals surface area contributed by atoms with Gasteiger partial charge in [0, 0.05) is 6.26 Å². The first-order chi connectivity index (χ1) is 7.79. The Morgan fingerprint density at radius 1 is 1.47 bits per heavy atom. The van der Waals surface area contributed by atoms with Crippen molar-refractivity contribution in [1.82, 2.24) is 0 Å². The largest absolute Gasteiger partial charge is 0.491 e. The number of ether oxygens (including phenoxy) is 1. The van der Waals surface area contributed by atoms with Crippen LogP contribution in [0.5, 0.6) is 5.75 Å². The van der Waals surface area contributed by atoms with Crippen molar-refractivity contribution in [3.05, 3.63) is 27.3 Å². The summed E-state index contributed by atoms with van der Waals surface area (Å²) in [6, 6.07) is 4.46. The summed E-state index contributed by atoms with van der Waals surface area (Å²) in [5.41, 5.74) is 0.111. The minimum absolute atomic E-state index is 0.0118. The van der Waals surface area contributed by atoms with Crippen LogP contribution >= 0.6 is 22.6 Å². The zero-order valence-electron chi connectivity index (χ0n) is 9.01. The molecule has 1 N–H and O–H groups in total. The highest BCUT2D eigenvalue weighted by atomic mass is 127. The van der Waals surface area contributed by atoms with Crippen LogP contribution in [-0.2, 0) is 9.84 Å². The van der Waals surface area contributed by atoms with E-state index >= 15 is 0 Å². The minimum atomic E-state index is -3.08. The predicted molar refractivity (Wildman–Crippen MR) is 71.3 cm³/mol. The lowest BCUT2D eigenvalue weighted by Gasteiger charge is -2.08. The molecule has 0 spiro atoms. The average molecular weight is 370 g/mol. The van der Waals surface area contributed by atoms with Gasteiger partial charge in [-0.3, -0.25) is 0 Å². The number of benzene rings is 1. The van der Waals surface area contributed by atoms with Gasteiger partial charge >= 0.3 is 5.97 Å². The molecule has 0 aliphatic heterocycles. The Morgan fingerprint density at radius 3 is 2.65 bits per heavy atom. The van der Waals surface area contributed by atoms with E-state index in [1.165, 1.54) is 12.1 Å². The van der Waals surface area contributed by atoms with Crippen LogP contribution in [0.25, 0.3) is 0 Å². The van der Waals surface area contributed by atoms with Crippen molar-refractivity contribution in [3.63, 3.8) is 0 Å². The zero-order chi connectivity index (χ0) is 13.1. The second kappa shape index (κ2) is 5.67. The molecule has 1 aromatic carbocycles. The smallest absolute Gasteiger partial charge is 0.335 e. The molecule has 5 nitrogen and oxygen atoms in total. The van der Waals surface area contributed by atoms with Crippen LogP contribution in [0.4, 0.5) is 0 Å². The average Bonchev–Trinajstić information content (AvgIpc) is 2.18. The molecule has 0 saturated carbocycles. The molecule has 94 valence electrons. The van der Waals surface area contributed by atoms with Gasteiger partial charge in [0.05, 0.1) is 14.9 Å². The first-order valence-corrected chi connectivity index (χ1v) is 7.77. The minimum Gasteiger partial charge on any atom is -0.491 e. The van der Waals surface area contributed by atoms with E-state index in [-0.39, 0.29) is 17.9 Å². The van der Waals surface area contributed by atoms with E-state index in [9.17, 15) is 13.2 Å². The summed E-state index contributed by atoms with van der Waals surface area (Å²) in [5.74, 6) is -0.760. The summed E-state index contributed by atoms with van der Waals surface area (Å²) in [4.78, 5) is 10.7. The number of rotatable bonds is 5. The van der Waals surface area contributed by atoms with E-state index in [2.05, 4.69) is 0 Å². The monoisotopic (exact) mass is 370 g/mol. The third kappa shape index (κ3) is 4.90. The topological polar surface area (TPSA) is 80.7 Å². The molecule has 0 amide bonds. The Balaban J connectivity index is 2.76. The highest BCUT2D eigenvalue weighted by Crippen LogP contribution is 2.22. The molecule has 1 aromatic rings. The summed E-state index contributed by atoms with van der Waals surface area (Å²) >= 11 is 1.99. The third-order valence-electron chi connectivity index (χ3n) is 1.89. The molecule has 0 fully saturated rings. The second-order valence-corrected chi connectivity index (χ2v) is 6.85. The zero-order valence-corrected chi connectivity index (χ0v) is 12.0. The Hall–Kier alpha value is -0.830. The molecule has 0 heterocycles. The van der Waals surface area contributed by atoms with Crippen LogP contribution in [0.2, 0.25) is 0 Å². The molecular weight excluding hydrogens is 359 g/mol. The van der Waals surface area contributed by atoms with E-state index in [0.717, 1.165) is 9.83 Å². The van der Waals surface area contributed by atoms with Crippen LogP contribution < -0.4 is 4.74 Å². The van der Waals surface area contributed by atoms with Crippen molar-refractivity contribution in [1.29, 1.82) is 0 Å². The first-order valence-electron chi connectivity index (χ1n) is 4.63. The molecule has 1 rings (SSSR count). The third-order valence-corrected chi connectivity index (χ3v) is 3.69. The summed E-state index contributed by atoms with van der Waals surface area (Å²) < 4.78 is 27.8. The molecule has 0 unspecified atom stereocenters. The second-order valence-electron chi connectivity index (χ2n) is 3.43. The standard InChI is InChI=1S/C10H11IO5S/c1-17(14,15)5-4-16-9-6-7(10(12)13)2-3-8(9)11/h2-3,6H,4-5H2,1H3,(H,12,13). The Bertz CT molecular complexity index is 523. The van der Waals surface area contributed by atoms with Crippen LogP contribution in [0.1, 0.15) is 10.4 Å². The molecule has 0 bridgehead atoms. The molecule has 17 heavy (non-hydrogen) atoms. The summed E-state index contributed by atoms with van der Waals surface area (Å²) in [7, 11) is -3.08. The molecule has 0 aromatic heterocycles. The van der Waals surface area contributed by atoms with Crippen molar-refractivity contribution in [2.75, 3.05) is 18.6 Å². The number of halogens is 1. The van der Waals surface area contributed by atoms with Gasteiger partial charge < -0.3 is 9.84 Å². The summed E-state index contributed by atoms with van der Waals surface area (Å²) in [6.07, 6.45) is 1.12. The molecule has 0 saturated heterocycles. The maximum absolute atomic E-state index is 10.9. The number of carboxylic acid groups (broad SMARTS) is 1. The molecular formula is C10H11IO5S. The normalized spacial score (nSPS) is 11.2. The molecule has 0 radical (unpaired) electrons. The van der Waals surface area contributed by atoms with Gasteiger partial charge in [0.15, 0.2) is 9.84 Å². The lowest BCUT2D eigenvalue weighted by molar-refractivity contribution is 0.0696. The van der Waals surface area contributed by atoms with E-state index in [4.69, 9.17) is 9.84 Å². The lowest BCUT2D eigenvalue weighted by Crippen LogP contribution is -2.12. The van der Waals surface area contributed by atoms with Crippen LogP contribution in [-0.4, -0.2) is 38.1 Å². The van der Waals surface area contributed by atoms with Gasteiger partial charge in [-0.05, 0) is 40.8 Å². The van der Waals surface area contributed by atoms with Crippen molar-refractivity contribution in [2.45, 2.75) is 0 Å². The van der Waals surface area contributed by atoms with E-state index in [1.807, 2.05) is 22.6 Å². The van der Waals surface area contributed by atoms with Gasteiger partial charge in [0.25, 0.3) is 0 Å². The lowest BCUT2D eigenvalue weighted by atomic mass is 10.2. The van der Waals surface area contributed by atoms with Crippen LogP contribution in [0.15, 0.2) is 18.2 Å². The summed E-state index contributed by atoms with van der Waals surface area (Å²) in [5, 5.41) is 8.80. The maximum atomic E-state index is 10.9. The molecule has 0 aliphatic rings. The number of hydrogen-bond acceptors (Lipinski definition) is 4. The van der Waals surface area contributed by atoms with Crippen molar-refractivity contribution in [3.8, 4) is 5.75 Å². The van der Waals surface area contributed by atoms with E-state index in [0.29, 0.717) is 5.75 Å². The van der Waals surface area contributed by atoms with Gasteiger partial charge in [-0.15, -0.1) is 0 Å². The highest BCUT2D eigenvalue weighted by molar-refractivity contribution is 14.1. The maximum Gasteiger partial charge on any atom is 0.335 e. The molecule has 0 aliphatic carbocycles. The number of sulfone groups is 1. The quantitative estimate of drug-likeness (QED) is 0.793. The summed E-state index contributed by atoms with van der Waals surface area (Å²) in [6.45, 7) is 0.0118. The van der Waals surface area contributed by atoms with E-state index < -0.39 is 15.8 Å². The number of hydrogen-bond donors (Lipinski definition) is 1. The number of carbonyl (C=O) groups is 1. The van der Waals surface area contributed by atoms with E-state index in [1.54, 1.807) is 6.07 Å². The number of aromatic carboxylic acids is 1. The van der Waals surface area contributed by atoms with Gasteiger partial charge in [-0.25, -0.2) is 13.2 Å². The van der Waals surface area contributed by atoms with Crippen molar-refractivity contribution in [2.24, 2.45) is 0 Å². The SMILES string of the molecule is CS(=O)(=O)CCOc1cc(C(=O)O)ccc1I. The number of carboxylic acids is 1. The van der Waals surface area contributed by atoms with Gasteiger partial charge in [-0.1, -0.05) is 0 Å². The highest BCUT2D eigenvalue weighted by Gasteiger charge is 2.09. The van der Waals surface area contributed by atoms with Crippen LogP contribution in [0.3, 0.4) is 0 Å². The molecule has 7 heteroatoms. The molecule has 0 atom stereocenters. The van der Waals surface area contributed by atoms with Gasteiger partial charge in [-0.2, -0.15) is 0 Å². The Morgan fingerprint density at radius 2 is 2.12 bits per heavy atom. The first kappa shape index (κ1) is 14.2. The fourth-order valence-electron chi connectivity index (χ4n) is 1.05. The fourth-order valence-corrected chi connectivity index (χ4v) is 1.93. The van der Waals surface area contributed by atoms with Gasteiger partial charge in [0.2, 0.25) is 0 Å². The van der Waals surface area contributed by atoms with Gasteiger partial charge in [0.1, 0.15) is 12.4 Å². The van der Waals surface area contributed by atoms with Crippen molar-refractivity contribution < 1.29 is 23.1 Å². The Labute approximate surface area is 113 Å². The van der Waals surface area contributed by atoms with Crippen molar-refractivity contribution >= 4 is 38.4 Å². The van der Waals surface area contributed by atoms with Crippen LogP contribution in [0, 0.1) is 3.57 Å². The fraction of sp³-hybridized carbons (Fsp3) is 0.300.